The van der Waals surface area contributed by atoms with E-state index in [-0.39, 0.29) is 11.5 Å². The fraction of sp³-hybridized carbons (Fsp3) is 0.368. The maximum atomic E-state index is 12.0. The van der Waals surface area contributed by atoms with Crippen molar-refractivity contribution in [3.05, 3.63) is 47.7 Å². The van der Waals surface area contributed by atoms with Gasteiger partial charge in [-0.3, -0.25) is 9.69 Å². The highest BCUT2D eigenvalue weighted by atomic mass is 16.5. The molecule has 1 aromatic carbocycles. The average molecular weight is 358 g/mol. The van der Waals surface area contributed by atoms with Crippen LogP contribution in [0.1, 0.15) is 23.0 Å². The summed E-state index contributed by atoms with van der Waals surface area (Å²) < 4.78 is 11.5. The number of aromatic carboxylic acids is 1. The predicted molar refractivity (Wildman–Crippen MR) is 94.8 cm³/mol. The maximum absolute atomic E-state index is 12.0. The second kappa shape index (κ2) is 7.31. The van der Waals surface area contributed by atoms with E-state index in [1.165, 1.54) is 0 Å². The number of carboxylic acids is 1. The van der Waals surface area contributed by atoms with E-state index in [1.807, 2.05) is 6.07 Å². The summed E-state index contributed by atoms with van der Waals surface area (Å²) >= 11 is 0. The van der Waals surface area contributed by atoms with E-state index in [0.717, 1.165) is 0 Å². The van der Waals surface area contributed by atoms with Crippen LogP contribution in [0, 0.1) is 0 Å². The van der Waals surface area contributed by atoms with Gasteiger partial charge in [-0.1, -0.05) is 18.2 Å². The van der Waals surface area contributed by atoms with Gasteiger partial charge in [0.25, 0.3) is 5.91 Å². The van der Waals surface area contributed by atoms with Crippen molar-refractivity contribution in [2.45, 2.75) is 19.1 Å². The molecule has 1 aliphatic rings. The lowest BCUT2D eigenvalue weighted by Gasteiger charge is -2.38. The fourth-order valence-corrected chi connectivity index (χ4v) is 3.20. The third kappa shape index (κ3) is 3.63. The van der Waals surface area contributed by atoms with Crippen LogP contribution in [0.15, 0.2) is 40.8 Å². The van der Waals surface area contributed by atoms with Crippen molar-refractivity contribution in [1.29, 1.82) is 0 Å². The third-order valence-corrected chi connectivity index (χ3v) is 4.52. The first-order valence-corrected chi connectivity index (χ1v) is 8.43. The number of benzene rings is 1. The quantitative estimate of drug-likeness (QED) is 0.849. The Bertz CT molecular complexity index is 816. The molecule has 1 fully saturated rings. The molecule has 0 spiro atoms. The lowest BCUT2D eigenvalue weighted by molar-refractivity contribution is -0.156. The summed E-state index contributed by atoms with van der Waals surface area (Å²) in [6, 6.07) is 10.3. The van der Waals surface area contributed by atoms with E-state index in [0.29, 0.717) is 43.3 Å². The van der Waals surface area contributed by atoms with Crippen molar-refractivity contribution >= 4 is 11.9 Å². The molecule has 1 aromatic heterocycles. The molecule has 1 amide bonds. The highest BCUT2D eigenvalue weighted by Crippen LogP contribution is 2.27. The zero-order valence-electron chi connectivity index (χ0n) is 14.8. The van der Waals surface area contributed by atoms with Crippen molar-refractivity contribution in [1.82, 2.24) is 10.2 Å². The van der Waals surface area contributed by atoms with E-state index in [2.05, 4.69) is 10.2 Å². The lowest BCUT2D eigenvalue weighted by atomic mass is 10.0. The Labute approximate surface area is 151 Å². The highest BCUT2D eigenvalue weighted by Gasteiger charge is 2.38. The van der Waals surface area contributed by atoms with Gasteiger partial charge in [-0.15, -0.1) is 0 Å². The molecule has 7 nitrogen and oxygen atoms in total. The molecule has 3 rings (SSSR count). The Morgan fingerprint density at radius 1 is 1.27 bits per heavy atom. The van der Waals surface area contributed by atoms with E-state index in [9.17, 15) is 14.7 Å². The summed E-state index contributed by atoms with van der Waals surface area (Å²) in [5.41, 5.74) is -0.145. The molecule has 2 aromatic rings. The molecule has 1 saturated heterocycles. The molecule has 26 heavy (non-hydrogen) atoms. The summed E-state index contributed by atoms with van der Waals surface area (Å²) in [7, 11) is 1.59. The number of hydrogen-bond donors (Lipinski definition) is 2. The molecule has 1 unspecified atom stereocenters. The molecular weight excluding hydrogens is 336 g/mol. The number of nitrogens with zero attached hydrogens (tertiary/aromatic N) is 1. The standard InChI is InChI=1S/C19H22N2O5/c1-19(18(24)20-2)12-21(9-10-25-19)11-13-7-8-16(26-13)14-5-3-4-6-15(14)17(22)23/h3-8H,9-12H2,1-2H3,(H,20,24)(H,22,23). The number of rotatable bonds is 5. The predicted octanol–water partition coefficient (Wildman–Crippen LogP) is 1.98. The van der Waals surface area contributed by atoms with Crippen LogP contribution in [0.5, 0.6) is 0 Å². The summed E-state index contributed by atoms with van der Waals surface area (Å²) in [6.45, 7) is 3.89. The number of hydrogen-bond acceptors (Lipinski definition) is 5. The van der Waals surface area contributed by atoms with Crippen LogP contribution in [-0.2, 0) is 16.1 Å². The third-order valence-electron chi connectivity index (χ3n) is 4.52. The number of likely N-dealkylation sites (N-methyl/N-ethyl adjacent to an activating group) is 1. The van der Waals surface area contributed by atoms with Crippen molar-refractivity contribution in [2.75, 3.05) is 26.7 Å². The smallest absolute Gasteiger partial charge is 0.336 e. The highest BCUT2D eigenvalue weighted by molar-refractivity contribution is 5.95. The first-order valence-electron chi connectivity index (χ1n) is 8.43. The molecule has 1 aliphatic heterocycles. The van der Waals surface area contributed by atoms with Gasteiger partial charge in [0.1, 0.15) is 11.5 Å². The molecule has 7 heteroatoms. The van der Waals surface area contributed by atoms with Gasteiger partial charge in [0.2, 0.25) is 0 Å². The lowest BCUT2D eigenvalue weighted by Crippen LogP contribution is -2.57. The van der Waals surface area contributed by atoms with Gasteiger partial charge < -0.3 is 19.6 Å². The van der Waals surface area contributed by atoms with E-state index < -0.39 is 11.6 Å². The Morgan fingerprint density at radius 2 is 2.04 bits per heavy atom. The summed E-state index contributed by atoms with van der Waals surface area (Å²) in [4.78, 5) is 25.5. The van der Waals surface area contributed by atoms with Gasteiger partial charge in [-0.25, -0.2) is 4.79 Å². The molecule has 0 bridgehead atoms. The number of amides is 1. The maximum Gasteiger partial charge on any atom is 0.336 e. The second-order valence-corrected chi connectivity index (χ2v) is 6.49. The van der Waals surface area contributed by atoms with Crippen molar-refractivity contribution in [2.24, 2.45) is 0 Å². The molecule has 2 heterocycles. The minimum absolute atomic E-state index is 0.155. The van der Waals surface area contributed by atoms with Crippen LogP contribution in [0.3, 0.4) is 0 Å². The molecule has 0 saturated carbocycles. The Balaban J connectivity index is 1.75. The fourth-order valence-electron chi connectivity index (χ4n) is 3.20. The van der Waals surface area contributed by atoms with Crippen LogP contribution in [0.25, 0.3) is 11.3 Å². The number of carbonyl (C=O) groups excluding carboxylic acids is 1. The van der Waals surface area contributed by atoms with Crippen molar-refractivity contribution in [3.8, 4) is 11.3 Å². The van der Waals surface area contributed by atoms with Gasteiger partial charge in [-0.05, 0) is 25.1 Å². The topological polar surface area (TPSA) is 92.0 Å². The molecule has 138 valence electrons. The van der Waals surface area contributed by atoms with Gasteiger partial charge >= 0.3 is 5.97 Å². The minimum atomic E-state index is -0.993. The van der Waals surface area contributed by atoms with Crippen molar-refractivity contribution in [3.63, 3.8) is 0 Å². The van der Waals surface area contributed by atoms with Crippen molar-refractivity contribution < 1.29 is 23.8 Å². The van der Waals surface area contributed by atoms with Crippen LogP contribution < -0.4 is 5.32 Å². The summed E-state index contributed by atoms with van der Waals surface area (Å²) in [6.07, 6.45) is 0. The number of morpholine rings is 1. The zero-order chi connectivity index (χ0) is 18.7. The Morgan fingerprint density at radius 3 is 2.77 bits per heavy atom. The largest absolute Gasteiger partial charge is 0.478 e. The monoisotopic (exact) mass is 358 g/mol. The second-order valence-electron chi connectivity index (χ2n) is 6.49. The van der Waals surface area contributed by atoms with E-state index in [1.54, 1.807) is 44.3 Å². The van der Waals surface area contributed by atoms with E-state index >= 15 is 0 Å². The van der Waals surface area contributed by atoms with E-state index in [4.69, 9.17) is 9.15 Å². The van der Waals surface area contributed by atoms with Crippen LogP contribution in [-0.4, -0.2) is 54.2 Å². The number of carbonyl (C=O) groups is 2. The normalized spacial score (nSPS) is 20.7. The molecule has 0 aliphatic carbocycles. The average Bonchev–Trinajstić information content (AvgIpc) is 3.09. The Kier molecular flexibility index (Phi) is 5.11. The zero-order valence-corrected chi connectivity index (χ0v) is 14.8. The molecule has 2 N–H and O–H groups in total. The van der Waals surface area contributed by atoms with Gasteiger partial charge in [0, 0.05) is 25.7 Å². The molecule has 1 atom stereocenters. The van der Waals surface area contributed by atoms with Gasteiger partial charge in [-0.2, -0.15) is 0 Å². The number of ether oxygens (including phenoxy) is 1. The first-order chi connectivity index (χ1) is 12.4. The number of nitrogens with one attached hydrogen (secondary N) is 1. The number of carboxylic acid groups (broad SMARTS) is 1. The van der Waals surface area contributed by atoms with Crippen LogP contribution in [0.4, 0.5) is 0 Å². The summed E-state index contributed by atoms with van der Waals surface area (Å²) in [5, 5.41) is 12.0. The number of furan rings is 1. The first kappa shape index (κ1) is 18.2. The van der Waals surface area contributed by atoms with Crippen LogP contribution >= 0.6 is 0 Å². The van der Waals surface area contributed by atoms with Gasteiger partial charge in [0.15, 0.2) is 5.60 Å². The Hall–Kier alpha value is -2.64. The molecular formula is C19H22N2O5. The van der Waals surface area contributed by atoms with Crippen LogP contribution in [0.2, 0.25) is 0 Å². The summed E-state index contributed by atoms with van der Waals surface area (Å²) in [5.74, 6) is 0.0764. The minimum Gasteiger partial charge on any atom is -0.478 e. The van der Waals surface area contributed by atoms with Gasteiger partial charge in [0.05, 0.1) is 18.7 Å². The molecule has 0 radical (unpaired) electrons. The SMILES string of the molecule is CNC(=O)C1(C)CN(Cc2ccc(-c3ccccc3C(=O)O)o2)CCO1.